The lowest BCUT2D eigenvalue weighted by atomic mass is 9.77. The maximum atomic E-state index is 11.4. The lowest BCUT2D eigenvalue weighted by molar-refractivity contribution is -0.118. The molecule has 0 radical (unpaired) electrons. The molecular weight excluding hydrogens is 488 g/mol. The van der Waals surface area contributed by atoms with Crippen LogP contribution < -0.4 is 16.2 Å². The zero-order valence-electron chi connectivity index (χ0n) is 18.2. The molecule has 1 aromatic carbocycles. The molecule has 1 fully saturated rings. The van der Waals surface area contributed by atoms with Crippen molar-refractivity contribution >= 4 is 49.5 Å². The number of anilines is 2. The van der Waals surface area contributed by atoms with Gasteiger partial charge in [-0.1, -0.05) is 6.92 Å². The van der Waals surface area contributed by atoms with Gasteiger partial charge in [-0.05, 0) is 53.5 Å². The van der Waals surface area contributed by atoms with Crippen molar-refractivity contribution in [1.82, 2.24) is 19.5 Å². The van der Waals surface area contributed by atoms with Crippen LogP contribution in [0.4, 0.5) is 11.6 Å². The number of nitrogens with zero attached hydrogens (tertiary/aromatic N) is 4. The van der Waals surface area contributed by atoms with Crippen molar-refractivity contribution in [2.75, 3.05) is 18.1 Å². The first kappa shape index (κ1) is 21.9. The fourth-order valence-corrected chi connectivity index (χ4v) is 5.03. The van der Waals surface area contributed by atoms with Crippen LogP contribution in [0, 0.1) is 5.41 Å². The van der Waals surface area contributed by atoms with Gasteiger partial charge in [0.05, 0.1) is 33.6 Å². The third kappa shape index (κ3) is 3.40. The minimum atomic E-state index is -1.41. The Hall–Kier alpha value is -2.95. The summed E-state index contributed by atoms with van der Waals surface area (Å²) in [6.07, 6.45) is 2.66. The summed E-state index contributed by atoms with van der Waals surface area (Å²) in [5.41, 5.74) is 11.1. The van der Waals surface area contributed by atoms with Crippen LogP contribution in [-0.4, -0.2) is 48.0 Å². The molecule has 5 rings (SSSR count). The van der Waals surface area contributed by atoms with E-state index >= 15 is 0 Å². The Labute approximate surface area is 198 Å². The molecule has 1 aliphatic carbocycles. The number of nitrogen functional groups attached to an aromatic ring is 2. The van der Waals surface area contributed by atoms with E-state index in [2.05, 4.69) is 30.9 Å². The Morgan fingerprint density at radius 1 is 1.18 bits per heavy atom. The van der Waals surface area contributed by atoms with Crippen molar-refractivity contribution in [3.8, 4) is 5.75 Å². The summed E-state index contributed by atoms with van der Waals surface area (Å²) >= 11 is 3.39. The molecule has 0 saturated heterocycles. The molecule has 9 nitrogen and oxygen atoms in total. The monoisotopic (exact) mass is 512 g/mol. The zero-order chi connectivity index (χ0) is 23.5. The smallest absolute Gasteiger partial charge is 0.145 e. The maximum absolute atomic E-state index is 11.4. The third-order valence-corrected chi connectivity index (χ3v) is 7.68. The first-order valence-electron chi connectivity index (χ1n) is 10.6. The Balaban J connectivity index is 1.42. The average Bonchev–Trinajstić information content (AvgIpc) is 3.28. The first-order valence-corrected chi connectivity index (χ1v) is 11.4. The van der Waals surface area contributed by atoms with Crippen molar-refractivity contribution in [2.45, 2.75) is 38.0 Å². The minimum absolute atomic E-state index is 0.196. The highest BCUT2D eigenvalue weighted by molar-refractivity contribution is 9.10. The average molecular weight is 513 g/mol. The second-order valence-electron chi connectivity index (χ2n) is 9.14. The van der Waals surface area contributed by atoms with Crippen LogP contribution in [0.2, 0.25) is 0 Å². The molecule has 3 aromatic heterocycles. The molecule has 4 atom stereocenters. The van der Waals surface area contributed by atoms with Crippen LogP contribution in [0.3, 0.4) is 0 Å². The van der Waals surface area contributed by atoms with E-state index in [-0.39, 0.29) is 6.61 Å². The number of pyridine rings is 1. The number of aliphatic hydroxyl groups is 2. The summed E-state index contributed by atoms with van der Waals surface area (Å²) in [7, 11) is 0. The lowest BCUT2D eigenvalue weighted by Crippen LogP contribution is -2.50. The fraction of sp³-hybridized carbons (Fsp3) is 0.348. The highest BCUT2D eigenvalue weighted by atomic mass is 79.9. The van der Waals surface area contributed by atoms with Gasteiger partial charge in [0, 0.05) is 23.1 Å². The summed E-state index contributed by atoms with van der Waals surface area (Å²) in [5.74, 6) is 1.39. The molecular formula is C23H25BrN6O3. The second-order valence-corrected chi connectivity index (χ2v) is 10.00. The van der Waals surface area contributed by atoms with Crippen molar-refractivity contribution in [3.63, 3.8) is 0 Å². The van der Waals surface area contributed by atoms with Crippen LogP contribution in [0.1, 0.15) is 26.3 Å². The van der Waals surface area contributed by atoms with Gasteiger partial charge in [0.2, 0.25) is 0 Å². The molecule has 1 aliphatic rings. The van der Waals surface area contributed by atoms with Gasteiger partial charge >= 0.3 is 0 Å². The number of halogens is 1. The topological polar surface area (TPSA) is 145 Å². The number of ether oxygens (including phenoxy) is 1. The van der Waals surface area contributed by atoms with Gasteiger partial charge in [-0.25, -0.2) is 15.0 Å². The Kier molecular flexibility index (Phi) is 5.00. The van der Waals surface area contributed by atoms with E-state index in [1.54, 1.807) is 6.92 Å². The van der Waals surface area contributed by atoms with Crippen LogP contribution in [0.5, 0.6) is 5.75 Å². The van der Waals surface area contributed by atoms with Crippen molar-refractivity contribution in [3.05, 3.63) is 47.3 Å². The standard InChI is InChI=1S/C23H25BrN6O3/c1-22(10-33-13-4-3-12-7-15(24)20(26)29-16(12)8-13)9-17(18(31)23(22,2)32)30-6-5-14-19(25)27-11-28-21(14)30/h3-8,11,17-18,31-32H,9-10H2,1-2H3,(H2,26,29)(H2,25,27,28)/t17-,18+,22-,23+/m1/s1. The van der Waals surface area contributed by atoms with Crippen LogP contribution in [-0.2, 0) is 0 Å². The van der Waals surface area contributed by atoms with Crippen molar-refractivity contribution in [1.29, 1.82) is 0 Å². The summed E-state index contributed by atoms with van der Waals surface area (Å²) in [5, 5.41) is 24.1. The number of fused-ring (bicyclic) bond motifs is 2. The molecule has 1 saturated carbocycles. The largest absolute Gasteiger partial charge is 0.493 e. The Morgan fingerprint density at radius 3 is 2.76 bits per heavy atom. The van der Waals surface area contributed by atoms with E-state index in [1.165, 1.54) is 6.33 Å². The summed E-state index contributed by atoms with van der Waals surface area (Å²) < 4.78 is 8.71. The van der Waals surface area contributed by atoms with Crippen LogP contribution in [0.25, 0.3) is 21.9 Å². The fourth-order valence-electron chi connectivity index (χ4n) is 4.69. The predicted octanol–water partition coefficient (Wildman–Crippen LogP) is 3.05. The Morgan fingerprint density at radius 2 is 1.97 bits per heavy atom. The van der Waals surface area contributed by atoms with Gasteiger partial charge in [0.25, 0.3) is 0 Å². The molecule has 10 heteroatoms. The molecule has 4 aromatic rings. The normalized spacial score (nSPS) is 27.4. The molecule has 0 aliphatic heterocycles. The highest BCUT2D eigenvalue weighted by Crippen LogP contribution is 2.52. The summed E-state index contributed by atoms with van der Waals surface area (Å²) in [6.45, 7) is 3.76. The van der Waals surface area contributed by atoms with Gasteiger partial charge in [0.15, 0.2) is 0 Å². The third-order valence-electron chi connectivity index (χ3n) is 7.05. The number of aromatic nitrogens is 4. The number of rotatable bonds is 4. The molecule has 6 N–H and O–H groups in total. The van der Waals surface area contributed by atoms with Gasteiger partial charge in [-0.15, -0.1) is 0 Å². The predicted molar refractivity (Wildman–Crippen MR) is 130 cm³/mol. The van der Waals surface area contributed by atoms with E-state index in [0.717, 1.165) is 9.86 Å². The SMILES string of the molecule is C[C@]1(COc2ccc3cc(Br)c(N)nc3c2)C[C@@H](n2ccc3c(N)ncnc32)[C@H](O)[C@]1(C)O. The van der Waals surface area contributed by atoms with E-state index < -0.39 is 23.2 Å². The van der Waals surface area contributed by atoms with Crippen molar-refractivity contribution in [2.24, 2.45) is 5.41 Å². The number of hydrogen-bond acceptors (Lipinski definition) is 8. The molecule has 0 spiro atoms. The molecule has 0 unspecified atom stereocenters. The quantitative estimate of drug-likeness (QED) is 0.326. The minimum Gasteiger partial charge on any atom is -0.493 e. The maximum Gasteiger partial charge on any atom is 0.145 e. The molecule has 0 bridgehead atoms. The molecule has 0 amide bonds. The van der Waals surface area contributed by atoms with E-state index in [9.17, 15) is 10.2 Å². The molecule has 3 heterocycles. The van der Waals surface area contributed by atoms with E-state index in [4.69, 9.17) is 16.2 Å². The number of benzene rings is 1. The number of hydrogen-bond donors (Lipinski definition) is 4. The van der Waals surface area contributed by atoms with Gasteiger partial charge in [-0.2, -0.15) is 0 Å². The van der Waals surface area contributed by atoms with E-state index in [1.807, 2.05) is 48.0 Å². The molecule has 172 valence electrons. The number of nitrogens with two attached hydrogens (primary N) is 2. The zero-order valence-corrected chi connectivity index (χ0v) is 19.8. The Bertz CT molecular complexity index is 1370. The van der Waals surface area contributed by atoms with E-state index in [0.29, 0.717) is 40.4 Å². The van der Waals surface area contributed by atoms with Gasteiger partial charge in [0.1, 0.15) is 35.5 Å². The first-order chi connectivity index (χ1) is 15.6. The van der Waals surface area contributed by atoms with Crippen LogP contribution >= 0.6 is 15.9 Å². The number of aliphatic hydroxyl groups excluding tert-OH is 1. The van der Waals surface area contributed by atoms with Gasteiger partial charge in [-0.3, -0.25) is 0 Å². The summed E-state index contributed by atoms with van der Waals surface area (Å²) in [6, 6.07) is 8.90. The second kappa shape index (κ2) is 7.54. The molecule has 33 heavy (non-hydrogen) atoms. The van der Waals surface area contributed by atoms with Gasteiger partial charge < -0.3 is 31.0 Å². The highest BCUT2D eigenvalue weighted by Gasteiger charge is 2.59. The van der Waals surface area contributed by atoms with Crippen LogP contribution in [0.15, 0.2) is 47.3 Å². The lowest BCUT2D eigenvalue weighted by Gasteiger charge is -2.37. The van der Waals surface area contributed by atoms with Crippen molar-refractivity contribution < 1.29 is 14.9 Å². The summed E-state index contributed by atoms with van der Waals surface area (Å²) in [4.78, 5) is 12.8.